The van der Waals surface area contributed by atoms with Gasteiger partial charge in [-0.2, -0.15) is 0 Å². The summed E-state index contributed by atoms with van der Waals surface area (Å²) in [6, 6.07) is 11.5. The van der Waals surface area contributed by atoms with Crippen LogP contribution in [0.25, 0.3) is 6.08 Å². The van der Waals surface area contributed by atoms with E-state index in [0.717, 1.165) is 27.3 Å². The molecule has 2 aromatic carbocycles. The first-order valence-corrected chi connectivity index (χ1v) is 8.51. The highest BCUT2D eigenvalue weighted by molar-refractivity contribution is 5.94. The Morgan fingerprint density at radius 2 is 1.80 bits per heavy atom. The fourth-order valence-electron chi connectivity index (χ4n) is 2.94. The van der Waals surface area contributed by atoms with E-state index >= 15 is 0 Å². The van der Waals surface area contributed by atoms with E-state index in [9.17, 15) is 9.59 Å². The molecule has 0 aliphatic carbocycles. The molecule has 0 bridgehead atoms. The predicted octanol–water partition coefficient (Wildman–Crippen LogP) is 1.99. The number of hydrogen-bond acceptors (Lipinski definition) is 2. The Bertz CT molecular complexity index is 943. The SMILES string of the molecule is Cc1ccc(C(=O)NCCC2C=c3ccc(C)c(C)c3=NC2=O)cc1. The van der Waals surface area contributed by atoms with Gasteiger partial charge in [0.1, 0.15) is 0 Å². The molecular weight excluding hydrogens is 312 g/mol. The Labute approximate surface area is 147 Å². The van der Waals surface area contributed by atoms with Crippen LogP contribution in [-0.4, -0.2) is 18.4 Å². The van der Waals surface area contributed by atoms with Gasteiger partial charge in [-0.05, 0) is 55.7 Å². The van der Waals surface area contributed by atoms with Crippen LogP contribution in [0.1, 0.15) is 33.5 Å². The van der Waals surface area contributed by atoms with Crippen molar-refractivity contribution in [2.45, 2.75) is 27.2 Å². The van der Waals surface area contributed by atoms with Gasteiger partial charge in [-0.1, -0.05) is 35.9 Å². The Morgan fingerprint density at radius 1 is 1.08 bits per heavy atom. The van der Waals surface area contributed by atoms with Crippen molar-refractivity contribution in [1.82, 2.24) is 5.32 Å². The monoisotopic (exact) mass is 334 g/mol. The van der Waals surface area contributed by atoms with E-state index < -0.39 is 0 Å². The molecule has 25 heavy (non-hydrogen) atoms. The molecule has 2 aromatic rings. The number of carbonyl (C=O) groups excluding carboxylic acids is 2. The molecule has 2 amide bonds. The zero-order valence-corrected chi connectivity index (χ0v) is 14.8. The lowest BCUT2D eigenvalue weighted by atomic mass is 9.98. The van der Waals surface area contributed by atoms with Crippen molar-refractivity contribution in [1.29, 1.82) is 0 Å². The number of amides is 2. The van der Waals surface area contributed by atoms with Crippen molar-refractivity contribution < 1.29 is 9.59 Å². The van der Waals surface area contributed by atoms with Crippen LogP contribution in [0.2, 0.25) is 0 Å². The van der Waals surface area contributed by atoms with E-state index in [0.29, 0.717) is 18.5 Å². The molecule has 4 nitrogen and oxygen atoms in total. The average Bonchev–Trinajstić information content (AvgIpc) is 2.60. The lowest BCUT2D eigenvalue weighted by Crippen LogP contribution is -2.37. The van der Waals surface area contributed by atoms with Crippen molar-refractivity contribution in [2.24, 2.45) is 10.9 Å². The minimum Gasteiger partial charge on any atom is -0.352 e. The van der Waals surface area contributed by atoms with Gasteiger partial charge in [0.25, 0.3) is 11.8 Å². The van der Waals surface area contributed by atoms with Crippen LogP contribution in [0.3, 0.4) is 0 Å². The fraction of sp³-hybridized carbons (Fsp3) is 0.286. The van der Waals surface area contributed by atoms with Gasteiger partial charge in [0.05, 0.1) is 11.3 Å². The molecule has 4 heteroatoms. The zero-order valence-electron chi connectivity index (χ0n) is 14.8. The smallest absolute Gasteiger partial charge is 0.253 e. The predicted molar refractivity (Wildman–Crippen MR) is 97.8 cm³/mol. The maximum atomic E-state index is 12.3. The van der Waals surface area contributed by atoms with Gasteiger partial charge >= 0.3 is 0 Å². The van der Waals surface area contributed by atoms with Crippen LogP contribution < -0.4 is 15.9 Å². The van der Waals surface area contributed by atoms with E-state index in [2.05, 4.69) is 10.3 Å². The van der Waals surface area contributed by atoms with Crippen LogP contribution in [0, 0.1) is 26.7 Å². The van der Waals surface area contributed by atoms with Crippen molar-refractivity contribution >= 4 is 17.9 Å². The molecule has 128 valence electrons. The quantitative estimate of drug-likeness (QED) is 0.929. The van der Waals surface area contributed by atoms with Crippen molar-refractivity contribution in [3.63, 3.8) is 0 Å². The van der Waals surface area contributed by atoms with Crippen LogP contribution in [-0.2, 0) is 4.79 Å². The molecule has 0 radical (unpaired) electrons. The number of fused-ring (bicyclic) bond motifs is 1. The van der Waals surface area contributed by atoms with Crippen LogP contribution in [0.15, 0.2) is 41.4 Å². The minimum atomic E-state index is -0.284. The Balaban J connectivity index is 1.66. The molecule has 0 spiro atoms. The summed E-state index contributed by atoms with van der Waals surface area (Å²) in [6.45, 7) is 6.43. The Kier molecular flexibility index (Phi) is 4.79. The third kappa shape index (κ3) is 3.68. The van der Waals surface area contributed by atoms with Crippen molar-refractivity contribution in [2.75, 3.05) is 6.54 Å². The summed E-state index contributed by atoms with van der Waals surface area (Å²) < 4.78 is 0. The molecule has 3 rings (SSSR count). The number of rotatable bonds is 4. The summed E-state index contributed by atoms with van der Waals surface area (Å²) in [5.74, 6) is -0.536. The first-order chi connectivity index (χ1) is 12.0. The molecule has 1 atom stereocenters. The number of carbonyl (C=O) groups is 2. The van der Waals surface area contributed by atoms with E-state index in [1.54, 1.807) is 12.1 Å². The normalized spacial score (nSPS) is 15.8. The summed E-state index contributed by atoms with van der Waals surface area (Å²) >= 11 is 0. The second-order valence-corrected chi connectivity index (χ2v) is 6.58. The third-order valence-electron chi connectivity index (χ3n) is 4.71. The fourth-order valence-corrected chi connectivity index (χ4v) is 2.94. The maximum absolute atomic E-state index is 12.3. The van der Waals surface area contributed by atoms with E-state index in [1.807, 2.05) is 51.1 Å². The standard InChI is InChI=1S/C21H22N2O2/c1-13-4-7-16(8-5-13)20(24)22-11-10-18-12-17-9-6-14(2)15(3)19(17)23-21(18)25/h4-9,12,18H,10-11H2,1-3H3,(H,22,24). The van der Waals surface area contributed by atoms with Crippen LogP contribution in [0.5, 0.6) is 0 Å². The Hall–Kier alpha value is -2.75. The van der Waals surface area contributed by atoms with Gasteiger partial charge in [0.15, 0.2) is 0 Å². The van der Waals surface area contributed by atoms with Gasteiger partial charge in [0, 0.05) is 12.1 Å². The summed E-state index contributed by atoms with van der Waals surface area (Å²) in [4.78, 5) is 28.7. The topological polar surface area (TPSA) is 58.5 Å². The van der Waals surface area contributed by atoms with Crippen molar-refractivity contribution in [3.05, 3.63) is 69.2 Å². The van der Waals surface area contributed by atoms with E-state index in [1.165, 1.54) is 0 Å². The zero-order chi connectivity index (χ0) is 18.0. The summed E-state index contributed by atoms with van der Waals surface area (Å²) in [5.41, 5.74) is 3.93. The molecule has 1 aliphatic heterocycles. The largest absolute Gasteiger partial charge is 0.352 e. The summed E-state index contributed by atoms with van der Waals surface area (Å²) in [5, 5.41) is 4.66. The first kappa shape index (κ1) is 17.1. The highest BCUT2D eigenvalue weighted by Crippen LogP contribution is 2.10. The minimum absolute atomic E-state index is 0.118. The highest BCUT2D eigenvalue weighted by atomic mass is 16.2. The molecule has 1 unspecified atom stereocenters. The highest BCUT2D eigenvalue weighted by Gasteiger charge is 2.19. The van der Waals surface area contributed by atoms with Gasteiger partial charge in [-0.25, -0.2) is 4.99 Å². The number of nitrogens with one attached hydrogen (secondary N) is 1. The second-order valence-electron chi connectivity index (χ2n) is 6.58. The average molecular weight is 334 g/mol. The van der Waals surface area contributed by atoms with Gasteiger partial charge in [-0.3, -0.25) is 9.59 Å². The molecule has 0 saturated carbocycles. The second kappa shape index (κ2) is 7.01. The van der Waals surface area contributed by atoms with E-state index in [-0.39, 0.29) is 17.7 Å². The third-order valence-corrected chi connectivity index (χ3v) is 4.71. The van der Waals surface area contributed by atoms with Crippen LogP contribution >= 0.6 is 0 Å². The lowest BCUT2D eigenvalue weighted by molar-refractivity contribution is -0.120. The van der Waals surface area contributed by atoms with Gasteiger partial charge < -0.3 is 5.32 Å². The molecule has 1 heterocycles. The number of benzene rings is 2. The number of aryl methyl sites for hydroxylation is 2. The number of nitrogens with zero attached hydrogens (tertiary/aromatic N) is 1. The first-order valence-electron chi connectivity index (χ1n) is 8.51. The lowest BCUT2D eigenvalue weighted by Gasteiger charge is -2.14. The van der Waals surface area contributed by atoms with E-state index in [4.69, 9.17) is 0 Å². The van der Waals surface area contributed by atoms with Gasteiger partial charge in [0.2, 0.25) is 0 Å². The maximum Gasteiger partial charge on any atom is 0.253 e. The molecule has 1 aliphatic rings. The van der Waals surface area contributed by atoms with Crippen LogP contribution in [0.4, 0.5) is 0 Å². The molecule has 1 N–H and O–H groups in total. The summed E-state index contributed by atoms with van der Waals surface area (Å²) in [6.07, 6.45) is 2.52. The Morgan fingerprint density at radius 3 is 2.52 bits per heavy atom. The van der Waals surface area contributed by atoms with Crippen molar-refractivity contribution in [3.8, 4) is 0 Å². The number of hydrogen-bond donors (Lipinski definition) is 1. The van der Waals surface area contributed by atoms with Gasteiger partial charge in [-0.15, -0.1) is 0 Å². The molecule has 0 fully saturated rings. The molecular formula is C21H22N2O2. The molecule has 0 saturated heterocycles. The molecule has 0 aromatic heterocycles. The summed E-state index contributed by atoms with van der Waals surface area (Å²) in [7, 11) is 0.